The summed E-state index contributed by atoms with van der Waals surface area (Å²) in [5.74, 6) is -2.71. The van der Waals surface area contributed by atoms with Gasteiger partial charge in [-0.1, -0.05) is 50.6 Å². The predicted octanol–water partition coefficient (Wildman–Crippen LogP) is 2.62. The largest absolute Gasteiger partial charge is 0.467 e. The number of ether oxygens (including phenoxy) is 2. The number of hydrogen-bond donors (Lipinski definition) is 4. The van der Waals surface area contributed by atoms with Crippen molar-refractivity contribution in [1.82, 2.24) is 21.3 Å². The standard InChI is InChI=1S/C29H46N4O7/c1-11-18(2)21(23(35)33-29(8,9)25(37)39-10)31-24(36)28(6,7)32-22(34)20(17-19-15-13-12-14-16-19)30-26(38)40-27(3,4)5/h12-16,18,20-21H,11,17H2,1-10H3,(H,30,38)(H,31,36)(H,32,34)(H,33,35)/t18-,20-,21-/m0/s1. The lowest BCUT2D eigenvalue weighted by molar-refractivity contribution is -0.150. The Morgan fingerprint density at radius 1 is 0.825 bits per heavy atom. The van der Waals surface area contributed by atoms with Crippen LogP contribution in [0.15, 0.2) is 30.3 Å². The third-order valence-electron chi connectivity index (χ3n) is 6.21. The second kappa shape index (κ2) is 14.1. The summed E-state index contributed by atoms with van der Waals surface area (Å²) in [6.07, 6.45) is -0.0556. The van der Waals surface area contributed by atoms with Crippen molar-refractivity contribution in [3.8, 4) is 0 Å². The summed E-state index contributed by atoms with van der Waals surface area (Å²) in [5.41, 5.74) is -2.76. The van der Waals surface area contributed by atoms with E-state index >= 15 is 0 Å². The van der Waals surface area contributed by atoms with Gasteiger partial charge in [-0.25, -0.2) is 9.59 Å². The molecule has 4 amide bonds. The highest BCUT2D eigenvalue weighted by atomic mass is 16.6. The van der Waals surface area contributed by atoms with E-state index in [0.717, 1.165) is 5.56 Å². The van der Waals surface area contributed by atoms with Crippen LogP contribution in [0.1, 0.15) is 74.3 Å². The molecule has 40 heavy (non-hydrogen) atoms. The maximum atomic E-state index is 13.4. The van der Waals surface area contributed by atoms with Crippen molar-refractivity contribution in [2.45, 2.75) is 104 Å². The van der Waals surface area contributed by atoms with E-state index in [2.05, 4.69) is 21.3 Å². The molecule has 11 nitrogen and oxygen atoms in total. The number of carbonyl (C=O) groups is 5. The first-order valence-corrected chi connectivity index (χ1v) is 13.4. The fourth-order valence-electron chi connectivity index (χ4n) is 3.68. The zero-order valence-corrected chi connectivity index (χ0v) is 25.4. The molecule has 1 aromatic rings. The lowest BCUT2D eigenvalue weighted by Crippen LogP contribution is -2.64. The number of esters is 1. The summed E-state index contributed by atoms with van der Waals surface area (Å²) < 4.78 is 10.1. The number of hydrogen-bond acceptors (Lipinski definition) is 7. The average Bonchev–Trinajstić information content (AvgIpc) is 2.84. The Balaban J connectivity index is 3.11. The van der Waals surface area contributed by atoms with Crippen molar-refractivity contribution < 1.29 is 33.4 Å². The topological polar surface area (TPSA) is 152 Å². The van der Waals surface area contributed by atoms with E-state index in [4.69, 9.17) is 9.47 Å². The molecule has 0 unspecified atom stereocenters. The van der Waals surface area contributed by atoms with Gasteiger partial charge >= 0.3 is 12.1 Å². The van der Waals surface area contributed by atoms with E-state index in [1.807, 2.05) is 37.3 Å². The number of nitrogens with one attached hydrogen (secondary N) is 4. The highest BCUT2D eigenvalue weighted by Gasteiger charge is 2.39. The van der Waals surface area contributed by atoms with Gasteiger partial charge in [-0.2, -0.15) is 0 Å². The molecular formula is C29H46N4O7. The summed E-state index contributed by atoms with van der Waals surface area (Å²) in [4.78, 5) is 64.5. The maximum absolute atomic E-state index is 13.4. The maximum Gasteiger partial charge on any atom is 0.408 e. The molecule has 0 aliphatic heterocycles. The van der Waals surface area contributed by atoms with Crippen LogP contribution in [0.3, 0.4) is 0 Å². The van der Waals surface area contributed by atoms with Crippen LogP contribution in [-0.2, 0) is 35.1 Å². The molecule has 0 heterocycles. The molecule has 3 atom stereocenters. The van der Waals surface area contributed by atoms with Crippen molar-refractivity contribution in [3.05, 3.63) is 35.9 Å². The second-order valence-electron chi connectivity index (χ2n) is 11.9. The number of rotatable bonds is 12. The molecule has 0 aromatic heterocycles. The summed E-state index contributed by atoms with van der Waals surface area (Å²) in [6, 6.07) is 7.08. The van der Waals surface area contributed by atoms with Gasteiger partial charge in [-0.3, -0.25) is 14.4 Å². The van der Waals surface area contributed by atoms with E-state index in [1.54, 1.807) is 27.7 Å². The molecule has 0 aliphatic rings. The van der Waals surface area contributed by atoms with Crippen molar-refractivity contribution in [2.75, 3.05) is 7.11 Å². The smallest absolute Gasteiger partial charge is 0.408 e. The van der Waals surface area contributed by atoms with Crippen molar-refractivity contribution in [3.63, 3.8) is 0 Å². The lowest BCUT2D eigenvalue weighted by Gasteiger charge is -2.33. The summed E-state index contributed by atoms with van der Waals surface area (Å²) in [6.45, 7) is 14.8. The molecule has 0 saturated heterocycles. The predicted molar refractivity (Wildman–Crippen MR) is 151 cm³/mol. The second-order valence-corrected chi connectivity index (χ2v) is 11.9. The molecule has 11 heteroatoms. The molecule has 0 bridgehead atoms. The van der Waals surface area contributed by atoms with Gasteiger partial charge in [0.1, 0.15) is 28.8 Å². The minimum Gasteiger partial charge on any atom is -0.467 e. The molecule has 1 aromatic carbocycles. The minimum absolute atomic E-state index is 0.157. The van der Waals surface area contributed by atoms with Crippen LogP contribution in [0.2, 0.25) is 0 Å². The van der Waals surface area contributed by atoms with Gasteiger partial charge in [0.2, 0.25) is 17.7 Å². The zero-order chi connectivity index (χ0) is 30.9. The molecular weight excluding hydrogens is 516 g/mol. The minimum atomic E-state index is -1.47. The molecule has 0 fully saturated rings. The lowest BCUT2D eigenvalue weighted by atomic mass is 9.94. The van der Waals surface area contributed by atoms with Gasteiger partial charge in [0, 0.05) is 6.42 Å². The average molecular weight is 563 g/mol. The summed E-state index contributed by atoms with van der Waals surface area (Å²) in [7, 11) is 1.22. The van der Waals surface area contributed by atoms with Gasteiger partial charge in [0.05, 0.1) is 7.11 Å². The SMILES string of the molecule is CC[C@H](C)[C@H](NC(=O)C(C)(C)NC(=O)[C@H](Cc1ccccc1)NC(=O)OC(C)(C)C)C(=O)NC(C)(C)C(=O)OC. The molecule has 4 N–H and O–H groups in total. The number of amides is 4. The van der Waals surface area contributed by atoms with E-state index < -0.39 is 58.5 Å². The Kier molecular flexibility index (Phi) is 12.2. The zero-order valence-electron chi connectivity index (χ0n) is 25.4. The van der Waals surface area contributed by atoms with Crippen molar-refractivity contribution in [1.29, 1.82) is 0 Å². The molecule has 0 spiro atoms. The van der Waals surface area contributed by atoms with Crippen LogP contribution in [0.4, 0.5) is 4.79 Å². The first kappa shape index (κ1) is 34.4. The highest BCUT2D eigenvalue weighted by Crippen LogP contribution is 2.15. The first-order chi connectivity index (χ1) is 18.3. The quantitative estimate of drug-likeness (QED) is 0.286. The number of carbonyl (C=O) groups excluding carboxylic acids is 5. The number of alkyl carbamates (subject to hydrolysis) is 1. The molecule has 0 aliphatic carbocycles. The van der Waals surface area contributed by atoms with Gasteiger partial charge in [0.25, 0.3) is 0 Å². The monoisotopic (exact) mass is 562 g/mol. The molecule has 1 rings (SSSR count). The fraction of sp³-hybridized carbons (Fsp3) is 0.621. The van der Waals surface area contributed by atoms with E-state index in [9.17, 15) is 24.0 Å². The summed E-state index contributed by atoms with van der Waals surface area (Å²) >= 11 is 0. The molecule has 224 valence electrons. The summed E-state index contributed by atoms with van der Waals surface area (Å²) in [5, 5.41) is 10.6. The van der Waals surface area contributed by atoms with Crippen LogP contribution in [0.25, 0.3) is 0 Å². The van der Waals surface area contributed by atoms with Crippen LogP contribution in [-0.4, -0.2) is 65.7 Å². The number of methoxy groups -OCH3 is 1. The Labute approximate surface area is 237 Å². The Bertz CT molecular complexity index is 1050. The fourth-order valence-corrected chi connectivity index (χ4v) is 3.68. The normalized spacial score (nSPS) is 14.2. The van der Waals surface area contributed by atoms with Crippen LogP contribution >= 0.6 is 0 Å². The van der Waals surface area contributed by atoms with E-state index in [1.165, 1.54) is 34.8 Å². The number of benzene rings is 1. The van der Waals surface area contributed by atoms with E-state index in [0.29, 0.717) is 6.42 Å². The molecule has 0 saturated carbocycles. The van der Waals surface area contributed by atoms with Crippen molar-refractivity contribution in [2.24, 2.45) is 5.92 Å². The Morgan fingerprint density at radius 3 is 1.88 bits per heavy atom. The van der Waals surface area contributed by atoms with Crippen molar-refractivity contribution >= 4 is 29.8 Å². The third-order valence-corrected chi connectivity index (χ3v) is 6.21. The van der Waals surface area contributed by atoms with E-state index in [-0.39, 0.29) is 12.3 Å². The van der Waals surface area contributed by atoms with Crippen LogP contribution in [0.5, 0.6) is 0 Å². The molecule has 0 radical (unpaired) electrons. The Morgan fingerprint density at radius 2 is 1.38 bits per heavy atom. The van der Waals surface area contributed by atoms with Gasteiger partial charge in [-0.15, -0.1) is 0 Å². The Hall–Kier alpha value is -3.63. The van der Waals surface area contributed by atoms with Crippen LogP contribution < -0.4 is 21.3 Å². The van der Waals surface area contributed by atoms with Crippen LogP contribution in [0, 0.1) is 5.92 Å². The van der Waals surface area contributed by atoms with Gasteiger partial charge < -0.3 is 30.7 Å². The third kappa shape index (κ3) is 10.9. The van der Waals surface area contributed by atoms with Gasteiger partial charge in [-0.05, 0) is 59.9 Å². The first-order valence-electron chi connectivity index (χ1n) is 13.4. The highest BCUT2D eigenvalue weighted by molar-refractivity contribution is 5.97. The van der Waals surface area contributed by atoms with Gasteiger partial charge in [0.15, 0.2) is 0 Å².